The molecule has 112 valence electrons. The molecule has 1 unspecified atom stereocenters. The van der Waals surface area contributed by atoms with E-state index in [0.29, 0.717) is 5.56 Å². The second-order valence-corrected chi connectivity index (χ2v) is 6.21. The maximum Gasteiger partial charge on any atom is 0.126 e. The Morgan fingerprint density at radius 3 is 2.70 bits per heavy atom. The molecular formula is C17H27FN2. The molecule has 1 aliphatic heterocycles. The van der Waals surface area contributed by atoms with Crippen molar-refractivity contribution in [2.24, 2.45) is 5.92 Å². The van der Waals surface area contributed by atoms with Gasteiger partial charge in [0.2, 0.25) is 0 Å². The van der Waals surface area contributed by atoms with Gasteiger partial charge in [-0.05, 0) is 62.9 Å². The van der Waals surface area contributed by atoms with Crippen LogP contribution < -0.4 is 5.32 Å². The van der Waals surface area contributed by atoms with Gasteiger partial charge in [-0.25, -0.2) is 4.39 Å². The molecule has 0 radical (unpaired) electrons. The summed E-state index contributed by atoms with van der Waals surface area (Å²) in [5, 5.41) is 3.50. The van der Waals surface area contributed by atoms with E-state index in [0.717, 1.165) is 24.6 Å². The Morgan fingerprint density at radius 2 is 2.05 bits per heavy atom. The standard InChI is InChI=1S/C17H27FN2/c1-13-6-9-20(10-7-13)11-8-19-15(3)16-5-4-14(2)17(18)12-16/h4-5,12-13,15,19H,6-11H2,1-3H3. The lowest BCUT2D eigenvalue weighted by atomic mass is 9.99. The van der Waals surface area contributed by atoms with Crippen molar-refractivity contribution in [3.05, 3.63) is 35.1 Å². The van der Waals surface area contributed by atoms with Crippen molar-refractivity contribution >= 4 is 0 Å². The molecule has 0 bridgehead atoms. The van der Waals surface area contributed by atoms with E-state index in [2.05, 4.69) is 24.1 Å². The molecule has 1 N–H and O–H groups in total. The van der Waals surface area contributed by atoms with E-state index in [1.54, 1.807) is 13.0 Å². The van der Waals surface area contributed by atoms with E-state index in [1.165, 1.54) is 25.9 Å². The highest BCUT2D eigenvalue weighted by atomic mass is 19.1. The van der Waals surface area contributed by atoms with Gasteiger partial charge in [-0.15, -0.1) is 0 Å². The summed E-state index contributed by atoms with van der Waals surface area (Å²) in [6.07, 6.45) is 2.64. The second kappa shape index (κ2) is 7.19. The fraction of sp³-hybridized carbons (Fsp3) is 0.647. The fourth-order valence-electron chi connectivity index (χ4n) is 2.72. The summed E-state index contributed by atoms with van der Waals surface area (Å²) in [5.74, 6) is 0.773. The Balaban J connectivity index is 1.74. The largest absolute Gasteiger partial charge is 0.309 e. The zero-order chi connectivity index (χ0) is 14.5. The summed E-state index contributed by atoms with van der Waals surface area (Å²) in [7, 11) is 0. The Kier molecular flexibility index (Phi) is 5.55. The molecule has 0 amide bonds. The summed E-state index contributed by atoms with van der Waals surface area (Å²) >= 11 is 0. The van der Waals surface area contributed by atoms with Crippen LogP contribution in [-0.2, 0) is 0 Å². The van der Waals surface area contributed by atoms with Crippen molar-refractivity contribution in [2.45, 2.75) is 39.7 Å². The summed E-state index contributed by atoms with van der Waals surface area (Å²) in [6.45, 7) is 10.7. The molecule has 0 aliphatic carbocycles. The molecule has 1 aromatic carbocycles. The lowest BCUT2D eigenvalue weighted by Crippen LogP contribution is -2.38. The number of likely N-dealkylation sites (tertiary alicyclic amines) is 1. The number of hydrogen-bond acceptors (Lipinski definition) is 2. The lowest BCUT2D eigenvalue weighted by Gasteiger charge is -2.30. The first-order chi connectivity index (χ1) is 9.56. The third kappa shape index (κ3) is 4.29. The fourth-order valence-corrected chi connectivity index (χ4v) is 2.72. The molecule has 1 saturated heterocycles. The summed E-state index contributed by atoms with van der Waals surface area (Å²) in [4.78, 5) is 2.52. The number of hydrogen-bond donors (Lipinski definition) is 1. The number of rotatable bonds is 5. The zero-order valence-corrected chi connectivity index (χ0v) is 13.0. The van der Waals surface area contributed by atoms with E-state index < -0.39 is 0 Å². The number of aryl methyl sites for hydroxylation is 1. The smallest absolute Gasteiger partial charge is 0.126 e. The van der Waals surface area contributed by atoms with Crippen molar-refractivity contribution < 1.29 is 4.39 Å². The van der Waals surface area contributed by atoms with Gasteiger partial charge in [-0.3, -0.25) is 0 Å². The van der Waals surface area contributed by atoms with Gasteiger partial charge >= 0.3 is 0 Å². The molecule has 1 aromatic rings. The molecule has 3 heteroatoms. The lowest BCUT2D eigenvalue weighted by molar-refractivity contribution is 0.191. The van der Waals surface area contributed by atoms with Gasteiger partial charge < -0.3 is 10.2 Å². The molecule has 0 saturated carbocycles. The number of halogens is 1. The van der Waals surface area contributed by atoms with E-state index in [-0.39, 0.29) is 11.9 Å². The topological polar surface area (TPSA) is 15.3 Å². The Morgan fingerprint density at radius 1 is 1.35 bits per heavy atom. The van der Waals surface area contributed by atoms with Gasteiger partial charge in [0.05, 0.1) is 0 Å². The van der Waals surface area contributed by atoms with E-state index in [9.17, 15) is 4.39 Å². The first-order valence-corrected chi connectivity index (χ1v) is 7.78. The normalized spacial score (nSPS) is 19.2. The third-order valence-electron chi connectivity index (χ3n) is 4.45. The maximum atomic E-state index is 13.6. The highest BCUT2D eigenvalue weighted by molar-refractivity contribution is 5.25. The summed E-state index contributed by atoms with van der Waals surface area (Å²) in [6, 6.07) is 5.72. The number of benzene rings is 1. The van der Waals surface area contributed by atoms with Crippen LogP contribution in [0.1, 0.15) is 43.9 Å². The second-order valence-electron chi connectivity index (χ2n) is 6.21. The van der Waals surface area contributed by atoms with Gasteiger partial charge in [-0.1, -0.05) is 19.1 Å². The van der Waals surface area contributed by atoms with Crippen LogP contribution in [0.15, 0.2) is 18.2 Å². The average Bonchev–Trinajstić information content (AvgIpc) is 2.44. The monoisotopic (exact) mass is 278 g/mol. The molecule has 0 aromatic heterocycles. The zero-order valence-electron chi connectivity index (χ0n) is 13.0. The Labute approximate surface area is 122 Å². The van der Waals surface area contributed by atoms with Crippen LogP contribution in [0.3, 0.4) is 0 Å². The average molecular weight is 278 g/mol. The predicted molar refractivity (Wildman–Crippen MR) is 82.4 cm³/mol. The van der Waals surface area contributed by atoms with Gasteiger partial charge in [0.1, 0.15) is 5.82 Å². The highest BCUT2D eigenvalue weighted by Crippen LogP contribution is 2.17. The summed E-state index contributed by atoms with van der Waals surface area (Å²) < 4.78 is 13.6. The quantitative estimate of drug-likeness (QED) is 0.886. The Bertz CT molecular complexity index is 425. The third-order valence-corrected chi connectivity index (χ3v) is 4.45. The van der Waals surface area contributed by atoms with Crippen LogP contribution in [0, 0.1) is 18.7 Å². The van der Waals surface area contributed by atoms with Gasteiger partial charge in [0.15, 0.2) is 0 Å². The Hall–Kier alpha value is -0.930. The first kappa shape index (κ1) is 15.5. The molecular weight excluding hydrogens is 251 g/mol. The van der Waals surface area contributed by atoms with Crippen LogP contribution in [0.25, 0.3) is 0 Å². The minimum atomic E-state index is -0.110. The SMILES string of the molecule is Cc1ccc(C(C)NCCN2CCC(C)CC2)cc1F. The predicted octanol–water partition coefficient (Wildman–Crippen LogP) is 3.52. The number of piperidine rings is 1. The van der Waals surface area contributed by atoms with E-state index in [4.69, 9.17) is 0 Å². The molecule has 2 rings (SSSR count). The van der Waals surface area contributed by atoms with Crippen molar-refractivity contribution in [3.8, 4) is 0 Å². The molecule has 1 heterocycles. The highest BCUT2D eigenvalue weighted by Gasteiger charge is 2.15. The minimum absolute atomic E-state index is 0.110. The van der Waals surface area contributed by atoms with Gasteiger partial charge in [-0.2, -0.15) is 0 Å². The molecule has 1 fully saturated rings. The van der Waals surface area contributed by atoms with Crippen molar-refractivity contribution in [2.75, 3.05) is 26.2 Å². The maximum absolute atomic E-state index is 13.6. The van der Waals surface area contributed by atoms with Crippen LogP contribution >= 0.6 is 0 Å². The number of nitrogens with zero attached hydrogens (tertiary/aromatic N) is 1. The first-order valence-electron chi connectivity index (χ1n) is 7.78. The van der Waals surface area contributed by atoms with Crippen LogP contribution in [0.4, 0.5) is 4.39 Å². The van der Waals surface area contributed by atoms with Crippen molar-refractivity contribution in [3.63, 3.8) is 0 Å². The van der Waals surface area contributed by atoms with Crippen LogP contribution in [-0.4, -0.2) is 31.1 Å². The molecule has 0 spiro atoms. The van der Waals surface area contributed by atoms with Crippen LogP contribution in [0.2, 0.25) is 0 Å². The number of nitrogens with one attached hydrogen (secondary N) is 1. The van der Waals surface area contributed by atoms with E-state index in [1.807, 2.05) is 12.1 Å². The van der Waals surface area contributed by atoms with Crippen LogP contribution in [0.5, 0.6) is 0 Å². The minimum Gasteiger partial charge on any atom is -0.309 e. The molecule has 1 atom stereocenters. The van der Waals surface area contributed by atoms with Crippen molar-refractivity contribution in [1.29, 1.82) is 0 Å². The molecule has 1 aliphatic rings. The van der Waals surface area contributed by atoms with Crippen molar-refractivity contribution in [1.82, 2.24) is 10.2 Å². The molecule has 2 nitrogen and oxygen atoms in total. The van der Waals surface area contributed by atoms with E-state index >= 15 is 0 Å². The molecule has 20 heavy (non-hydrogen) atoms. The van der Waals surface area contributed by atoms with Gasteiger partial charge in [0.25, 0.3) is 0 Å². The summed E-state index contributed by atoms with van der Waals surface area (Å²) in [5.41, 5.74) is 1.74. The van der Waals surface area contributed by atoms with Gasteiger partial charge in [0, 0.05) is 19.1 Å².